The second-order valence-electron chi connectivity index (χ2n) is 11.9. The quantitative estimate of drug-likeness (QED) is 0.214. The lowest BCUT2D eigenvalue weighted by Gasteiger charge is -2.31. The fraction of sp³-hybridized carbons (Fsp3) is 0.419. The summed E-state index contributed by atoms with van der Waals surface area (Å²) in [7, 11) is 0. The van der Waals surface area contributed by atoms with E-state index in [1.54, 1.807) is 18.2 Å². The maximum absolute atomic E-state index is 12.2. The number of benzene rings is 2. The lowest BCUT2D eigenvalue weighted by atomic mass is 10.0. The monoisotopic (exact) mass is 654 g/mol. The Morgan fingerprint density at radius 1 is 1.18 bits per heavy atom. The fourth-order valence-electron chi connectivity index (χ4n) is 6.74. The van der Waals surface area contributed by atoms with Crippen LogP contribution < -0.4 is 15.0 Å². The third-order valence-corrected chi connectivity index (χ3v) is 10.8. The van der Waals surface area contributed by atoms with E-state index in [0.717, 1.165) is 53.4 Å². The second-order valence-corrected chi connectivity index (χ2v) is 13.8. The van der Waals surface area contributed by atoms with Crippen molar-refractivity contribution >= 4 is 61.8 Å². The molecule has 2 saturated heterocycles. The average molecular weight is 656 g/mol. The van der Waals surface area contributed by atoms with E-state index in [1.165, 1.54) is 17.4 Å². The number of rotatable bonds is 9. The zero-order valence-electron chi connectivity index (χ0n) is 23.4. The summed E-state index contributed by atoms with van der Waals surface area (Å²) in [5.41, 5.74) is 2.93. The predicted octanol–water partition coefficient (Wildman–Crippen LogP) is 6.29. The van der Waals surface area contributed by atoms with Gasteiger partial charge in [0.2, 0.25) is 0 Å². The Kier molecular flexibility index (Phi) is 6.97. The van der Waals surface area contributed by atoms with E-state index in [4.69, 9.17) is 42.2 Å². The number of nitrogens with zero attached hydrogens (tertiary/aromatic N) is 3. The Morgan fingerprint density at radius 3 is 2.68 bits per heavy atom. The van der Waals surface area contributed by atoms with Crippen LogP contribution in [-0.2, 0) is 16.1 Å². The number of ether oxygens (including phenoxy) is 2. The van der Waals surface area contributed by atoms with Crippen molar-refractivity contribution in [2.45, 2.75) is 62.9 Å². The number of anilines is 1. The maximum atomic E-state index is 12.2. The highest BCUT2D eigenvalue weighted by molar-refractivity contribution is 7.22. The largest absolute Gasteiger partial charge is 0.478 e. The highest BCUT2D eigenvalue weighted by Crippen LogP contribution is 2.48. The molecule has 2 N–H and O–H groups in total. The molecule has 4 atom stereocenters. The van der Waals surface area contributed by atoms with Gasteiger partial charge >= 0.3 is 5.97 Å². The average Bonchev–Trinajstić information content (AvgIpc) is 3.41. The van der Waals surface area contributed by atoms with Crippen molar-refractivity contribution in [3.8, 4) is 17.0 Å². The summed E-state index contributed by atoms with van der Waals surface area (Å²) in [4.78, 5) is 31.2. The summed E-state index contributed by atoms with van der Waals surface area (Å²) in [5.74, 6) is 0.601. The lowest BCUT2D eigenvalue weighted by molar-refractivity contribution is -0.124. The molecule has 2 aromatic carbocycles. The van der Waals surface area contributed by atoms with Crippen molar-refractivity contribution in [1.82, 2.24) is 15.5 Å². The van der Waals surface area contributed by atoms with Crippen LogP contribution in [0, 0.1) is 5.92 Å². The molecular weight excluding hydrogens is 627 g/mol. The van der Waals surface area contributed by atoms with Crippen molar-refractivity contribution in [1.29, 1.82) is 0 Å². The fourth-order valence-corrected chi connectivity index (χ4v) is 8.42. The summed E-state index contributed by atoms with van der Waals surface area (Å²) < 4.78 is 19.1. The van der Waals surface area contributed by atoms with Gasteiger partial charge < -0.3 is 29.3 Å². The van der Waals surface area contributed by atoms with Crippen molar-refractivity contribution < 1.29 is 28.7 Å². The van der Waals surface area contributed by atoms with Gasteiger partial charge in [0, 0.05) is 48.5 Å². The third kappa shape index (κ3) is 4.90. The number of nitrogens with one attached hydrogen (secondary N) is 1. The lowest BCUT2D eigenvalue weighted by Crippen LogP contribution is -2.38. The number of aromatic nitrogens is 2. The van der Waals surface area contributed by atoms with Gasteiger partial charge in [0.1, 0.15) is 22.7 Å². The molecule has 8 rings (SSSR count). The minimum Gasteiger partial charge on any atom is -0.478 e. The number of thiazole rings is 1. The molecule has 4 fully saturated rings. The Labute approximate surface area is 266 Å². The van der Waals surface area contributed by atoms with Crippen LogP contribution in [0.4, 0.5) is 5.13 Å². The van der Waals surface area contributed by atoms with Gasteiger partial charge in [0.15, 0.2) is 11.2 Å². The van der Waals surface area contributed by atoms with Gasteiger partial charge in [-0.3, -0.25) is 4.79 Å². The summed E-state index contributed by atoms with van der Waals surface area (Å²) >= 11 is 14.5. The number of piperidine rings is 1. The molecule has 4 aliphatic rings. The van der Waals surface area contributed by atoms with Crippen molar-refractivity contribution in [3.05, 3.63) is 57.3 Å². The number of fused-ring (bicyclic) bond motifs is 3. The molecule has 44 heavy (non-hydrogen) atoms. The minimum atomic E-state index is -1.06. The molecule has 10 nitrogen and oxygen atoms in total. The van der Waals surface area contributed by atoms with Gasteiger partial charge in [-0.25, -0.2) is 9.78 Å². The zero-order valence-corrected chi connectivity index (χ0v) is 25.8. The maximum Gasteiger partial charge on any atom is 0.335 e. The van der Waals surface area contributed by atoms with Gasteiger partial charge in [-0.15, -0.1) is 0 Å². The third-order valence-electron chi connectivity index (χ3n) is 9.09. The highest BCUT2D eigenvalue weighted by atomic mass is 35.5. The van der Waals surface area contributed by atoms with Crippen LogP contribution in [0.15, 0.2) is 34.9 Å². The molecule has 0 unspecified atom stereocenters. The molecule has 2 aliphatic carbocycles. The molecule has 13 heteroatoms. The summed E-state index contributed by atoms with van der Waals surface area (Å²) in [5, 5.41) is 18.7. The molecule has 0 radical (unpaired) electrons. The SMILES string of the molecule is O=C(O)c1cc(O[C@H]2CCNC2=O)c2nc(N3C[C@@H]4C[C@H]3C[C@H]4OCc3c(-c4c(Cl)cccc4Cl)noc3C3CC3)sc2c1. The standard InChI is InChI=1S/C31H28Cl2N4O6S/c32-19-2-1-3-20(33)25(19)26-18(28(43-36-26)14-4-5-14)13-41-22-11-17-8-16(22)12-37(17)31-35-27-23(42-21-6-7-34-29(21)38)9-15(30(39)40)10-24(27)44-31/h1-3,9-10,14,16-17,21-22H,4-8,11-13H2,(H,34,38)(H,39,40)/t16-,17-,21-,22+/m0/s1. The van der Waals surface area contributed by atoms with E-state index in [9.17, 15) is 14.7 Å². The molecule has 2 aliphatic heterocycles. The molecule has 228 valence electrons. The van der Waals surface area contributed by atoms with Crippen LogP contribution in [-0.4, -0.2) is 58.5 Å². The number of hydrogen-bond donors (Lipinski definition) is 2. The molecule has 4 aromatic rings. The van der Waals surface area contributed by atoms with Crippen LogP contribution in [0.2, 0.25) is 10.0 Å². The van der Waals surface area contributed by atoms with E-state index in [2.05, 4.69) is 15.4 Å². The Hall–Kier alpha value is -3.38. The van der Waals surface area contributed by atoms with Crippen molar-refractivity contribution in [2.75, 3.05) is 18.0 Å². The number of carboxylic acids is 1. The Balaban J connectivity index is 1.01. The number of carbonyl (C=O) groups is 2. The van der Waals surface area contributed by atoms with Crippen molar-refractivity contribution in [3.63, 3.8) is 0 Å². The van der Waals surface area contributed by atoms with E-state index in [-0.39, 0.29) is 23.6 Å². The number of halogens is 2. The smallest absolute Gasteiger partial charge is 0.335 e. The molecule has 1 amide bonds. The topological polar surface area (TPSA) is 127 Å². The van der Waals surface area contributed by atoms with Gasteiger partial charge in [-0.1, -0.05) is 45.8 Å². The van der Waals surface area contributed by atoms with E-state index < -0.39 is 12.1 Å². The molecule has 2 saturated carbocycles. The summed E-state index contributed by atoms with van der Waals surface area (Å²) in [6, 6.07) is 8.75. The Bertz CT molecular complexity index is 1780. The molecular formula is C31H28Cl2N4O6S. The van der Waals surface area contributed by atoms with E-state index in [0.29, 0.717) is 64.0 Å². The number of aromatic carboxylic acids is 1. The van der Waals surface area contributed by atoms with Gasteiger partial charge in [0.05, 0.1) is 33.0 Å². The Morgan fingerprint density at radius 2 is 2.00 bits per heavy atom. The minimum absolute atomic E-state index is 0.0699. The van der Waals surface area contributed by atoms with Crippen LogP contribution in [0.25, 0.3) is 21.5 Å². The first-order valence-electron chi connectivity index (χ1n) is 14.8. The molecule has 2 aromatic heterocycles. The first kappa shape index (κ1) is 28.1. The van der Waals surface area contributed by atoms with Gasteiger partial charge in [-0.05, 0) is 49.9 Å². The van der Waals surface area contributed by atoms with Crippen molar-refractivity contribution in [2.24, 2.45) is 5.92 Å². The van der Waals surface area contributed by atoms with Crippen LogP contribution in [0.1, 0.15) is 59.7 Å². The molecule has 2 bridgehead atoms. The van der Waals surface area contributed by atoms with Gasteiger partial charge in [-0.2, -0.15) is 0 Å². The zero-order chi connectivity index (χ0) is 30.1. The van der Waals surface area contributed by atoms with Gasteiger partial charge in [0.25, 0.3) is 5.91 Å². The van der Waals surface area contributed by atoms with Crippen LogP contribution in [0.3, 0.4) is 0 Å². The molecule has 0 spiro atoms. The highest BCUT2D eigenvalue weighted by Gasteiger charge is 2.47. The number of carboxylic acid groups (broad SMARTS) is 1. The summed E-state index contributed by atoms with van der Waals surface area (Å²) in [6.07, 6.45) is 3.90. The molecule has 4 heterocycles. The van der Waals surface area contributed by atoms with Crippen LogP contribution >= 0.6 is 34.5 Å². The van der Waals surface area contributed by atoms with E-state index >= 15 is 0 Å². The first-order chi connectivity index (χ1) is 21.3. The number of amides is 1. The predicted molar refractivity (Wildman–Crippen MR) is 165 cm³/mol. The number of carbonyl (C=O) groups excluding carboxylic acids is 1. The first-order valence-corrected chi connectivity index (χ1v) is 16.3. The van der Waals surface area contributed by atoms with E-state index in [1.807, 2.05) is 6.07 Å². The van der Waals surface area contributed by atoms with Crippen LogP contribution in [0.5, 0.6) is 5.75 Å². The normalized spacial score (nSPS) is 24.4. The second kappa shape index (κ2) is 10.9. The number of hydrogen-bond acceptors (Lipinski definition) is 9. The summed E-state index contributed by atoms with van der Waals surface area (Å²) in [6.45, 7) is 1.68.